The molecule has 0 amide bonds. The monoisotopic (exact) mass is 231 g/mol. The predicted molar refractivity (Wildman–Crippen MR) is 51.6 cm³/mol. The van der Waals surface area contributed by atoms with Crippen LogP contribution < -0.4 is 11.0 Å². The van der Waals surface area contributed by atoms with Crippen LogP contribution in [0.15, 0.2) is 18.2 Å². The van der Waals surface area contributed by atoms with Crippen molar-refractivity contribution in [1.82, 2.24) is 0 Å². The zero-order valence-electron chi connectivity index (χ0n) is 7.04. The number of nitrogens with two attached hydrogens (primary N) is 1. The quantitative estimate of drug-likeness (QED) is 0.544. The van der Waals surface area contributed by atoms with E-state index in [0.29, 0.717) is 11.0 Å². The lowest BCUT2D eigenvalue weighted by Crippen LogP contribution is -2.27. The van der Waals surface area contributed by atoms with Crippen LogP contribution in [-0.4, -0.2) is 0 Å². The molecular weight excluding hydrogens is 224 g/mol. The van der Waals surface area contributed by atoms with Crippen molar-refractivity contribution >= 4 is 26.2 Å². The van der Waals surface area contributed by atoms with Crippen molar-refractivity contribution < 1.29 is 17.8 Å². The fraction of sp³-hybridized carbons (Fsp3) is 0.143. The van der Waals surface area contributed by atoms with Gasteiger partial charge in [0.2, 0.25) is 0 Å². The molecule has 2 bridgehead atoms. The summed E-state index contributed by atoms with van der Waals surface area (Å²) < 4.78 is 33.0. The van der Waals surface area contributed by atoms with Gasteiger partial charge in [-0.05, 0) is 17.7 Å². The first kappa shape index (κ1) is 8.69. The van der Waals surface area contributed by atoms with E-state index in [4.69, 9.17) is 14.4 Å². The van der Waals surface area contributed by atoms with Crippen LogP contribution in [0.2, 0.25) is 0 Å². The summed E-state index contributed by atoms with van der Waals surface area (Å²) in [7, 11) is -6.33. The summed E-state index contributed by atoms with van der Waals surface area (Å²) in [6.45, 7) is 0. The van der Waals surface area contributed by atoms with E-state index in [2.05, 4.69) is 0 Å². The predicted octanol–water partition coefficient (Wildman–Crippen LogP) is 1.84. The molecule has 3 aliphatic rings. The van der Waals surface area contributed by atoms with Crippen LogP contribution in [0.3, 0.4) is 0 Å². The van der Waals surface area contributed by atoms with Crippen LogP contribution in [0.1, 0.15) is 5.56 Å². The second kappa shape index (κ2) is 2.31. The summed E-state index contributed by atoms with van der Waals surface area (Å²) in [5.41, 5.74) is 6.80. The molecule has 0 radical (unpaired) electrons. The Bertz CT molecular complexity index is 512. The second-order valence-corrected chi connectivity index (χ2v) is 7.64. The minimum absolute atomic E-state index is 0.187. The Hall–Kier alpha value is -0.600. The highest BCUT2D eigenvalue weighted by atomic mass is 31.3. The smallest absolute Gasteiger partial charge is 0.376 e. The minimum atomic E-state index is -3.27. The number of hydrogen-bond donors (Lipinski definition) is 1. The van der Waals surface area contributed by atoms with Gasteiger partial charge in [0.1, 0.15) is 0 Å². The number of hydrogen-bond acceptors (Lipinski definition) is 5. The van der Waals surface area contributed by atoms with Crippen LogP contribution >= 0.6 is 15.2 Å². The van der Waals surface area contributed by atoms with Gasteiger partial charge in [0.15, 0.2) is 0 Å². The summed E-state index contributed by atoms with van der Waals surface area (Å²) in [5.74, 6) is 0. The zero-order chi connectivity index (χ0) is 9.97. The molecule has 0 atom stereocenters. The molecule has 0 aromatic heterocycles. The summed E-state index contributed by atoms with van der Waals surface area (Å²) in [6, 6.07) is 4.96. The molecule has 0 saturated carbocycles. The van der Waals surface area contributed by atoms with Crippen LogP contribution in [0, 0.1) is 0 Å². The van der Waals surface area contributed by atoms with Gasteiger partial charge in [-0.2, -0.15) is 0 Å². The second-order valence-electron chi connectivity index (χ2n) is 3.32. The van der Waals surface area contributed by atoms with E-state index in [9.17, 15) is 9.13 Å². The van der Waals surface area contributed by atoms with Crippen molar-refractivity contribution in [2.24, 2.45) is 0 Å². The van der Waals surface area contributed by atoms with Gasteiger partial charge in [-0.3, -0.25) is 9.13 Å². The molecule has 14 heavy (non-hydrogen) atoms. The first-order valence-corrected chi connectivity index (χ1v) is 7.29. The third kappa shape index (κ3) is 0.984. The lowest BCUT2D eigenvalue weighted by Gasteiger charge is -2.39. The first-order valence-electron chi connectivity index (χ1n) is 4.02. The van der Waals surface area contributed by atoms with Gasteiger partial charge in [0, 0.05) is 5.69 Å². The topological polar surface area (TPSA) is 78.6 Å². The van der Waals surface area contributed by atoms with E-state index >= 15 is 0 Å². The number of rotatable bonds is 0. The van der Waals surface area contributed by atoms with Gasteiger partial charge in [-0.15, -0.1) is 0 Å². The Morgan fingerprint density at radius 1 is 1.29 bits per heavy atom. The highest BCUT2D eigenvalue weighted by Gasteiger charge is 2.58. The van der Waals surface area contributed by atoms with Crippen molar-refractivity contribution in [1.29, 1.82) is 0 Å². The molecule has 0 spiro atoms. The molecular formula is C7H7NO4P2. The lowest BCUT2D eigenvalue weighted by atomic mass is 10.2. The zero-order valence-corrected chi connectivity index (χ0v) is 8.83. The Kier molecular flexibility index (Phi) is 1.43. The third-order valence-corrected chi connectivity index (χ3v) is 7.68. The SMILES string of the molecule is Nc1ccc2c(c1)P1(=O)OP(=O)(C2)O1. The maximum atomic E-state index is 11.8. The van der Waals surface area contributed by atoms with Gasteiger partial charge in [-0.1, -0.05) is 6.07 Å². The van der Waals surface area contributed by atoms with Crippen LogP contribution in [0.5, 0.6) is 0 Å². The maximum Gasteiger partial charge on any atom is 0.376 e. The van der Waals surface area contributed by atoms with E-state index in [-0.39, 0.29) is 6.16 Å². The molecule has 3 heterocycles. The molecule has 0 unspecified atom stereocenters. The Morgan fingerprint density at radius 3 is 2.71 bits per heavy atom. The van der Waals surface area contributed by atoms with Crippen molar-refractivity contribution in [2.75, 3.05) is 5.73 Å². The lowest BCUT2D eigenvalue weighted by molar-refractivity contribution is 0.280. The van der Waals surface area contributed by atoms with E-state index in [1.807, 2.05) is 0 Å². The van der Waals surface area contributed by atoms with Crippen LogP contribution in [-0.2, 0) is 23.9 Å². The largest absolute Gasteiger partial charge is 0.399 e. The number of benzene rings is 1. The Balaban J connectivity index is 2.28. The fourth-order valence-electron chi connectivity index (χ4n) is 1.66. The highest BCUT2D eigenvalue weighted by Crippen LogP contribution is 2.85. The Morgan fingerprint density at radius 2 is 2.00 bits per heavy atom. The molecule has 1 aromatic rings. The molecule has 74 valence electrons. The summed E-state index contributed by atoms with van der Waals surface area (Å²) in [5, 5.41) is 0.454. The van der Waals surface area contributed by atoms with Crippen LogP contribution in [0.4, 0.5) is 5.69 Å². The fourth-order valence-corrected chi connectivity index (χ4v) is 7.12. The summed E-state index contributed by atoms with van der Waals surface area (Å²) >= 11 is 0. The molecule has 2 N–H and O–H groups in total. The van der Waals surface area contributed by atoms with E-state index in [0.717, 1.165) is 5.56 Å². The molecule has 1 fully saturated rings. The normalized spacial score (nSPS) is 38.6. The first-order chi connectivity index (χ1) is 6.51. The van der Waals surface area contributed by atoms with Crippen molar-refractivity contribution in [2.45, 2.75) is 6.16 Å². The van der Waals surface area contributed by atoms with E-state index < -0.39 is 15.2 Å². The Labute approximate surface area is 80.3 Å². The maximum absolute atomic E-state index is 11.8. The van der Waals surface area contributed by atoms with Gasteiger partial charge in [0.25, 0.3) is 0 Å². The molecule has 3 aliphatic heterocycles. The molecule has 5 nitrogen and oxygen atoms in total. The van der Waals surface area contributed by atoms with Crippen molar-refractivity contribution in [3.63, 3.8) is 0 Å². The third-order valence-electron chi connectivity index (χ3n) is 2.23. The summed E-state index contributed by atoms with van der Waals surface area (Å²) in [6.07, 6.45) is 0.187. The minimum Gasteiger partial charge on any atom is -0.399 e. The average Bonchev–Trinajstić information content (AvgIpc) is 2.03. The number of anilines is 1. The van der Waals surface area contributed by atoms with Crippen molar-refractivity contribution in [3.05, 3.63) is 23.8 Å². The molecule has 1 aromatic carbocycles. The van der Waals surface area contributed by atoms with Crippen LogP contribution in [0.25, 0.3) is 0 Å². The van der Waals surface area contributed by atoms with Gasteiger partial charge < -0.3 is 5.73 Å². The van der Waals surface area contributed by atoms with Gasteiger partial charge in [0.05, 0.1) is 11.5 Å². The van der Waals surface area contributed by atoms with E-state index in [1.165, 1.54) is 0 Å². The molecule has 1 saturated heterocycles. The molecule has 0 aliphatic carbocycles. The van der Waals surface area contributed by atoms with Gasteiger partial charge >= 0.3 is 15.2 Å². The highest BCUT2D eigenvalue weighted by molar-refractivity contribution is 7.84. The standard InChI is InChI=1S/C7H7NO4P2/c8-6-2-1-5-4-13(9)11-14(10,12-13)7(5)3-6/h1-3H,4,8H2. The molecule has 4 rings (SSSR count). The summed E-state index contributed by atoms with van der Waals surface area (Å²) in [4.78, 5) is 0. The molecule has 7 heteroatoms. The van der Waals surface area contributed by atoms with E-state index in [1.54, 1.807) is 18.2 Å². The number of nitrogen functional groups attached to an aromatic ring is 1. The van der Waals surface area contributed by atoms with Crippen molar-refractivity contribution in [3.8, 4) is 0 Å². The van der Waals surface area contributed by atoms with Gasteiger partial charge in [-0.25, -0.2) is 8.62 Å². The average molecular weight is 231 g/mol.